The largest absolute Gasteiger partial charge is 0.497 e. The van der Waals surface area contributed by atoms with Crippen LogP contribution >= 0.6 is 0 Å². The summed E-state index contributed by atoms with van der Waals surface area (Å²) in [4.78, 5) is 41.9. The molecule has 0 spiro atoms. The Morgan fingerprint density at radius 1 is 1.00 bits per heavy atom. The number of hydrogen-bond donors (Lipinski definition) is 0. The molecule has 6 nitrogen and oxygen atoms in total. The number of rotatable bonds is 6. The van der Waals surface area contributed by atoms with Crippen LogP contribution in [-0.2, 0) is 16.1 Å². The molecule has 7 heteroatoms. The van der Waals surface area contributed by atoms with Gasteiger partial charge in [-0.1, -0.05) is 30.3 Å². The third kappa shape index (κ3) is 4.23. The van der Waals surface area contributed by atoms with Gasteiger partial charge in [0.05, 0.1) is 19.2 Å². The Hall–Kier alpha value is -4.00. The second-order valence-electron chi connectivity index (χ2n) is 7.41. The molecule has 1 unspecified atom stereocenters. The van der Waals surface area contributed by atoms with Gasteiger partial charge in [0.15, 0.2) is 0 Å². The van der Waals surface area contributed by atoms with Gasteiger partial charge in [0.25, 0.3) is 11.8 Å². The van der Waals surface area contributed by atoms with E-state index in [4.69, 9.17) is 4.74 Å². The van der Waals surface area contributed by atoms with Crippen LogP contribution in [0.3, 0.4) is 0 Å². The third-order valence-corrected chi connectivity index (χ3v) is 5.38. The highest BCUT2D eigenvalue weighted by Gasteiger charge is 2.44. The van der Waals surface area contributed by atoms with E-state index < -0.39 is 23.7 Å². The summed E-state index contributed by atoms with van der Waals surface area (Å²) in [5, 5.41) is 0. The summed E-state index contributed by atoms with van der Waals surface area (Å²) in [6.07, 6.45) is -0.128. The number of carbonyl (C=O) groups excluding carboxylic acids is 3. The Balaban J connectivity index is 1.68. The standard InChI is InChI=1S/C25H21FN2O4/c1-32-21-13-9-18(10-14-21)24(30)27(16-17-7-11-19(26)12-8-17)22-15-23(29)28(25(22)31)20-5-3-2-4-6-20/h2-14,22H,15-16H2,1H3. The number of nitrogens with zero attached hydrogens (tertiary/aromatic N) is 2. The molecule has 0 N–H and O–H groups in total. The van der Waals surface area contributed by atoms with E-state index in [-0.39, 0.29) is 18.9 Å². The van der Waals surface area contributed by atoms with Crippen LogP contribution in [0.5, 0.6) is 5.75 Å². The molecule has 3 aromatic rings. The van der Waals surface area contributed by atoms with Crippen LogP contribution in [0.4, 0.5) is 10.1 Å². The first-order valence-corrected chi connectivity index (χ1v) is 10.1. The summed E-state index contributed by atoms with van der Waals surface area (Å²) < 4.78 is 18.5. The number of carbonyl (C=O) groups is 3. The quantitative estimate of drug-likeness (QED) is 0.556. The maximum absolute atomic E-state index is 13.4. The zero-order chi connectivity index (χ0) is 22.7. The number of halogens is 1. The fourth-order valence-electron chi connectivity index (χ4n) is 3.72. The minimum absolute atomic E-state index is 0.0530. The maximum Gasteiger partial charge on any atom is 0.257 e. The molecule has 1 aliphatic heterocycles. The molecule has 3 aromatic carbocycles. The van der Waals surface area contributed by atoms with Crippen LogP contribution in [0.1, 0.15) is 22.3 Å². The van der Waals surface area contributed by atoms with E-state index in [0.29, 0.717) is 22.6 Å². The first kappa shape index (κ1) is 21.2. The van der Waals surface area contributed by atoms with E-state index in [0.717, 1.165) is 4.90 Å². The van der Waals surface area contributed by atoms with Gasteiger partial charge in [-0.2, -0.15) is 0 Å². The summed E-state index contributed by atoms with van der Waals surface area (Å²) in [7, 11) is 1.53. The number of imide groups is 1. The average molecular weight is 432 g/mol. The van der Waals surface area contributed by atoms with Crippen molar-refractivity contribution in [1.82, 2.24) is 4.90 Å². The summed E-state index contributed by atoms with van der Waals surface area (Å²) in [5.41, 5.74) is 1.46. The molecule has 1 atom stereocenters. The molecule has 0 aromatic heterocycles. The first-order valence-electron chi connectivity index (χ1n) is 10.1. The summed E-state index contributed by atoms with van der Waals surface area (Å²) in [6.45, 7) is 0.0530. The highest BCUT2D eigenvalue weighted by Crippen LogP contribution is 2.28. The maximum atomic E-state index is 13.4. The number of methoxy groups -OCH3 is 1. The molecular formula is C25H21FN2O4. The van der Waals surface area contributed by atoms with Gasteiger partial charge in [0, 0.05) is 12.1 Å². The second kappa shape index (κ2) is 9.01. The minimum Gasteiger partial charge on any atom is -0.497 e. The molecule has 1 heterocycles. The fraction of sp³-hybridized carbons (Fsp3) is 0.160. The van der Waals surface area contributed by atoms with Crippen molar-refractivity contribution in [1.29, 1.82) is 0 Å². The number of hydrogen-bond acceptors (Lipinski definition) is 4. The number of para-hydroxylation sites is 1. The normalized spacial score (nSPS) is 15.7. The molecule has 162 valence electrons. The summed E-state index contributed by atoms with van der Waals surface area (Å²) >= 11 is 0. The zero-order valence-corrected chi connectivity index (χ0v) is 17.4. The van der Waals surface area contributed by atoms with E-state index in [1.54, 1.807) is 66.7 Å². The average Bonchev–Trinajstić information content (AvgIpc) is 3.12. The molecule has 32 heavy (non-hydrogen) atoms. The van der Waals surface area contributed by atoms with Gasteiger partial charge >= 0.3 is 0 Å². The van der Waals surface area contributed by atoms with Crippen LogP contribution in [0.2, 0.25) is 0 Å². The minimum atomic E-state index is -0.970. The lowest BCUT2D eigenvalue weighted by Gasteiger charge is -2.28. The van der Waals surface area contributed by atoms with E-state index in [1.165, 1.54) is 24.1 Å². The Bertz CT molecular complexity index is 1130. The highest BCUT2D eigenvalue weighted by atomic mass is 19.1. The van der Waals surface area contributed by atoms with Gasteiger partial charge in [-0.15, -0.1) is 0 Å². The van der Waals surface area contributed by atoms with Gasteiger partial charge < -0.3 is 9.64 Å². The Kier molecular flexibility index (Phi) is 5.98. The van der Waals surface area contributed by atoms with Crippen LogP contribution in [0, 0.1) is 5.82 Å². The highest BCUT2D eigenvalue weighted by molar-refractivity contribution is 6.23. The molecule has 1 saturated heterocycles. The third-order valence-electron chi connectivity index (χ3n) is 5.38. The molecule has 4 rings (SSSR count). The van der Waals surface area contributed by atoms with E-state index in [1.807, 2.05) is 0 Å². The van der Waals surface area contributed by atoms with Crippen molar-refractivity contribution >= 4 is 23.4 Å². The molecule has 1 fully saturated rings. The van der Waals surface area contributed by atoms with Crippen molar-refractivity contribution in [3.05, 3.63) is 95.8 Å². The van der Waals surface area contributed by atoms with Gasteiger partial charge in [0.2, 0.25) is 5.91 Å². The van der Waals surface area contributed by atoms with E-state index in [2.05, 4.69) is 0 Å². The molecule has 1 aliphatic rings. The number of anilines is 1. The lowest BCUT2D eigenvalue weighted by Crippen LogP contribution is -2.45. The first-order chi connectivity index (χ1) is 15.5. The lowest BCUT2D eigenvalue weighted by atomic mass is 10.1. The Morgan fingerprint density at radius 3 is 2.28 bits per heavy atom. The Labute approximate surface area is 184 Å². The van der Waals surface area contributed by atoms with Crippen molar-refractivity contribution < 1.29 is 23.5 Å². The predicted octanol–water partition coefficient (Wildman–Crippen LogP) is 3.81. The number of benzene rings is 3. The van der Waals surface area contributed by atoms with Crippen molar-refractivity contribution in [3.63, 3.8) is 0 Å². The topological polar surface area (TPSA) is 66.9 Å². The fourth-order valence-corrected chi connectivity index (χ4v) is 3.72. The van der Waals surface area contributed by atoms with Gasteiger partial charge in [-0.25, -0.2) is 9.29 Å². The second-order valence-corrected chi connectivity index (χ2v) is 7.41. The van der Waals surface area contributed by atoms with Gasteiger partial charge in [-0.3, -0.25) is 14.4 Å². The molecule has 0 radical (unpaired) electrons. The van der Waals surface area contributed by atoms with Crippen molar-refractivity contribution in [3.8, 4) is 5.75 Å². The molecular weight excluding hydrogens is 411 g/mol. The summed E-state index contributed by atoms with van der Waals surface area (Å²) in [5.74, 6) is -1.06. The molecule has 0 aliphatic carbocycles. The zero-order valence-electron chi connectivity index (χ0n) is 17.4. The van der Waals surface area contributed by atoms with Crippen LogP contribution < -0.4 is 9.64 Å². The number of amides is 3. The molecule has 0 bridgehead atoms. The van der Waals surface area contributed by atoms with Crippen molar-refractivity contribution in [2.24, 2.45) is 0 Å². The van der Waals surface area contributed by atoms with E-state index in [9.17, 15) is 18.8 Å². The SMILES string of the molecule is COc1ccc(C(=O)N(Cc2ccc(F)cc2)C2CC(=O)N(c3ccccc3)C2=O)cc1. The number of ether oxygens (including phenoxy) is 1. The van der Waals surface area contributed by atoms with E-state index >= 15 is 0 Å². The smallest absolute Gasteiger partial charge is 0.257 e. The predicted molar refractivity (Wildman–Crippen MR) is 117 cm³/mol. The monoisotopic (exact) mass is 432 g/mol. The van der Waals surface area contributed by atoms with Gasteiger partial charge in [-0.05, 0) is 54.1 Å². The summed E-state index contributed by atoms with van der Waals surface area (Å²) in [6, 6.07) is 19.9. The van der Waals surface area contributed by atoms with Crippen LogP contribution in [0.25, 0.3) is 0 Å². The molecule has 0 saturated carbocycles. The van der Waals surface area contributed by atoms with Gasteiger partial charge in [0.1, 0.15) is 17.6 Å². The van der Waals surface area contributed by atoms with Crippen LogP contribution in [-0.4, -0.2) is 35.8 Å². The Morgan fingerprint density at radius 2 is 1.66 bits per heavy atom. The lowest BCUT2D eigenvalue weighted by molar-refractivity contribution is -0.122. The van der Waals surface area contributed by atoms with Crippen LogP contribution in [0.15, 0.2) is 78.9 Å². The van der Waals surface area contributed by atoms with Crippen molar-refractivity contribution in [2.75, 3.05) is 12.0 Å². The van der Waals surface area contributed by atoms with Crippen molar-refractivity contribution in [2.45, 2.75) is 19.0 Å². The molecule has 3 amide bonds.